The van der Waals surface area contributed by atoms with E-state index in [0.29, 0.717) is 36.4 Å². The standard InChI is InChI=1S/C25H34N2O5SSi/c1-25(2,3)34(4,5)32-16-21-19(8-7-11-26-21)24(30)27-12-13-33-17-18(27)15-31-23-10-6-9-22(29)20(23)14-28/h6-11,14,18,29H,12-13,15-17H2,1-5H3/t18-/m0/s1. The van der Waals surface area contributed by atoms with Crippen LogP contribution in [0.15, 0.2) is 36.5 Å². The van der Waals surface area contributed by atoms with Crippen LogP contribution in [0.1, 0.15) is 47.2 Å². The minimum absolute atomic E-state index is 0.0602. The number of amides is 1. The molecule has 1 atom stereocenters. The van der Waals surface area contributed by atoms with Crippen molar-refractivity contribution in [3.63, 3.8) is 0 Å². The molecule has 1 fully saturated rings. The van der Waals surface area contributed by atoms with E-state index in [4.69, 9.17) is 9.16 Å². The fourth-order valence-electron chi connectivity index (χ4n) is 3.39. The van der Waals surface area contributed by atoms with Gasteiger partial charge in [0, 0.05) is 24.2 Å². The number of aromatic nitrogens is 1. The lowest BCUT2D eigenvalue weighted by atomic mass is 10.1. The largest absolute Gasteiger partial charge is 0.507 e. The predicted octanol–water partition coefficient (Wildman–Crippen LogP) is 4.76. The number of carbonyl (C=O) groups excluding carboxylic acids is 2. The van der Waals surface area contributed by atoms with Crippen molar-refractivity contribution < 1.29 is 23.9 Å². The molecule has 34 heavy (non-hydrogen) atoms. The molecule has 184 valence electrons. The molecular weight excluding hydrogens is 468 g/mol. The molecule has 9 heteroatoms. The Hall–Kier alpha value is -2.36. The van der Waals surface area contributed by atoms with Gasteiger partial charge in [-0.25, -0.2) is 0 Å². The average molecular weight is 503 g/mol. The molecule has 0 radical (unpaired) electrons. The molecule has 0 aliphatic carbocycles. The number of carbonyl (C=O) groups is 2. The average Bonchev–Trinajstić information content (AvgIpc) is 2.80. The molecule has 0 unspecified atom stereocenters. The van der Waals surface area contributed by atoms with Gasteiger partial charge in [-0.05, 0) is 42.4 Å². The summed E-state index contributed by atoms with van der Waals surface area (Å²) in [5.74, 6) is 1.64. The lowest BCUT2D eigenvalue weighted by molar-refractivity contribution is 0.0643. The van der Waals surface area contributed by atoms with Gasteiger partial charge in [-0.15, -0.1) is 0 Å². The number of phenols is 1. The van der Waals surface area contributed by atoms with Gasteiger partial charge in [0.25, 0.3) is 5.91 Å². The Morgan fingerprint density at radius 2 is 2.06 bits per heavy atom. The molecule has 1 aromatic heterocycles. The lowest BCUT2D eigenvalue weighted by Gasteiger charge is -2.37. The molecule has 1 aliphatic rings. The van der Waals surface area contributed by atoms with Gasteiger partial charge >= 0.3 is 0 Å². The zero-order valence-corrected chi connectivity index (χ0v) is 22.4. The maximum atomic E-state index is 13.6. The summed E-state index contributed by atoms with van der Waals surface area (Å²) < 4.78 is 12.2. The number of pyridine rings is 1. The SMILES string of the molecule is CC(C)(C)[Si](C)(C)OCc1ncccc1C(=O)N1CCSC[C@@H]1COc1cccc(O)c1C=O. The van der Waals surface area contributed by atoms with Crippen LogP contribution in [0.25, 0.3) is 0 Å². The fraction of sp³-hybridized carbons (Fsp3) is 0.480. The van der Waals surface area contributed by atoms with Crippen LogP contribution >= 0.6 is 11.8 Å². The van der Waals surface area contributed by atoms with Crippen molar-refractivity contribution >= 4 is 32.3 Å². The molecule has 1 amide bonds. The number of aldehydes is 1. The van der Waals surface area contributed by atoms with E-state index in [9.17, 15) is 14.7 Å². The molecule has 1 aromatic carbocycles. The van der Waals surface area contributed by atoms with Crippen molar-refractivity contribution in [2.75, 3.05) is 24.7 Å². The van der Waals surface area contributed by atoms with Crippen molar-refractivity contribution in [3.8, 4) is 11.5 Å². The Labute approximate surface area is 207 Å². The molecule has 0 spiro atoms. The van der Waals surface area contributed by atoms with E-state index in [-0.39, 0.29) is 34.9 Å². The third-order valence-corrected chi connectivity index (χ3v) is 12.1. The van der Waals surface area contributed by atoms with E-state index >= 15 is 0 Å². The highest BCUT2D eigenvalue weighted by Gasteiger charge is 2.38. The number of ether oxygens (including phenoxy) is 1. The molecule has 0 saturated carbocycles. The van der Waals surface area contributed by atoms with E-state index in [0.717, 1.165) is 11.5 Å². The summed E-state index contributed by atoms with van der Waals surface area (Å²) in [6.07, 6.45) is 2.27. The van der Waals surface area contributed by atoms with Gasteiger partial charge in [0.05, 0.1) is 29.5 Å². The highest BCUT2D eigenvalue weighted by Crippen LogP contribution is 2.37. The summed E-state index contributed by atoms with van der Waals surface area (Å²) in [5.41, 5.74) is 1.30. The van der Waals surface area contributed by atoms with Crippen molar-refractivity contribution in [3.05, 3.63) is 53.3 Å². The first-order chi connectivity index (χ1) is 16.0. The minimum Gasteiger partial charge on any atom is -0.507 e. The number of hydrogen-bond acceptors (Lipinski definition) is 7. The van der Waals surface area contributed by atoms with Crippen LogP contribution in [-0.4, -0.2) is 66.2 Å². The minimum atomic E-state index is -2.00. The number of rotatable bonds is 8. The van der Waals surface area contributed by atoms with Gasteiger partial charge in [-0.2, -0.15) is 11.8 Å². The quantitative estimate of drug-likeness (QED) is 0.411. The second-order valence-corrected chi connectivity index (χ2v) is 15.9. The molecule has 0 bridgehead atoms. The van der Waals surface area contributed by atoms with Gasteiger partial charge in [0.1, 0.15) is 18.1 Å². The topological polar surface area (TPSA) is 89.0 Å². The maximum Gasteiger partial charge on any atom is 0.256 e. The lowest BCUT2D eigenvalue weighted by Crippen LogP contribution is -2.49. The van der Waals surface area contributed by atoms with Crippen LogP contribution < -0.4 is 4.74 Å². The van der Waals surface area contributed by atoms with Gasteiger partial charge in [0.2, 0.25) is 0 Å². The van der Waals surface area contributed by atoms with E-state index in [1.807, 2.05) is 4.90 Å². The summed E-state index contributed by atoms with van der Waals surface area (Å²) in [4.78, 5) is 31.3. The molecule has 2 aromatic rings. The van der Waals surface area contributed by atoms with Crippen LogP contribution in [0, 0.1) is 0 Å². The Morgan fingerprint density at radius 3 is 2.76 bits per heavy atom. The number of benzene rings is 1. The van der Waals surface area contributed by atoms with Crippen LogP contribution in [0.5, 0.6) is 11.5 Å². The molecule has 1 N–H and O–H groups in total. The third-order valence-electron chi connectivity index (χ3n) is 6.58. The first kappa shape index (κ1) is 26.2. The van der Waals surface area contributed by atoms with Crippen LogP contribution in [0.3, 0.4) is 0 Å². The van der Waals surface area contributed by atoms with E-state index in [2.05, 4.69) is 38.8 Å². The van der Waals surface area contributed by atoms with Crippen LogP contribution in [0.4, 0.5) is 0 Å². The van der Waals surface area contributed by atoms with Crippen LogP contribution in [0.2, 0.25) is 18.1 Å². The summed E-state index contributed by atoms with van der Waals surface area (Å²) in [7, 11) is -2.00. The van der Waals surface area contributed by atoms with Crippen molar-refractivity contribution in [1.82, 2.24) is 9.88 Å². The number of aromatic hydroxyl groups is 1. The Morgan fingerprint density at radius 1 is 1.29 bits per heavy atom. The number of phenolic OH excluding ortho intramolecular Hbond substituents is 1. The number of nitrogens with zero attached hydrogens (tertiary/aromatic N) is 2. The zero-order chi connectivity index (χ0) is 24.9. The van der Waals surface area contributed by atoms with Gasteiger partial charge in [0.15, 0.2) is 14.6 Å². The predicted molar refractivity (Wildman–Crippen MR) is 137 cm³/mol. The van der Waals surface area contributed by atoms with E-state index < -0.39 is 8.32 Å². The highest BCUT2D eigenvalue weighted by molar-refractivity contribution is 7.99. The molecule has 1 saturated heterocycles. The second kappa shape index (κ2) is 10.9. The third kappa shape index (κ3) is 6.00. The van der Waals surface area contributed by atoms with Crippen molar-refractivity contribution in [2.24, 2.45) is 0 Å². The van der Waals surface area contributed by atoms with Crippen molar-refractivity contribution in [2.45, 2.75) is 51.6 Å². The highest BCUT2D eigenvalue weighted by atomic mass is 32.2. The Kier molecular flexibility index (Phi) is 8.43. The smallest absolute Gasteiger partial charge is 0.256 e. The molecule has 1 aliphatic heterocycles. The molecule has 2 heterocycles. The number of hydrogen-bond donors (Lipinski definition) is 1. The summed E-state index contributed by atoms with van der Waals surface area (Å²) in [6.45, 7) is 12.0. The van der Waals surface area contributed by atoms with Gasteiger partial charge in [-0.1, -0.05) is 26.8 Å². The monoisotopic (exact) mass is 502 g/mol. The number of thioether (sulfide) groups is 1. The normalized spacial score (nSPS) is 16.9. The Balaban J connectivity index is 1.76. The fourth-order valence-corrected chi connectivity index (χ4v) is 5.36. The molecule has 7 nitrogen and oxygen atoms in total. The van der Waals surface area contributed by atoms with Gasteiger partial charge < -0.3 is 19.2 Å². The zero-order valence-electron chi connectivity index (χ0n) is 20.5. The second-order valence-electron chi connectivity index (χ2n) is 9.89. The van der Waals surface area contributed by atoms with Crippen molar-refractivity contribution in [1.29, 1.82) is 0 Å². The molecular formula is C25H34N2O5SSi. The summed E-state index contributed by atoms with van der Waals surface area (Å²) in [6, 6.07) is 8.11. The first-order valence-corrected chi connectivity index (χ1v) is 15.5. The van der Waals surface area contributed by atoms with Crippen LogP contribution in [-0.2, 0) is 11.0 Å². The maximum absolute atomic E-state index is 13.6. The first-order valence-electron chi connectivity index (χ1n) is 11.4. The van der Waals surface area contributed by atoms with Gasteiger partial charge in [-0.3, -0.25) is 14.6 Å². The van der Waals surface area contributed by atoms with E-state index in [1.54, 1.807) is 42.2 Å². The molecule has 3 rings (SSSR count). The summed E-state index contributed by atoms with van der Waals surface area (Å²) >= 11 is 1.76. The Bertz CT molecular complexity index is 1020. The van der Waals surface area contributed by atoms with E-state index in [1.165, 1.54) is 6.07 Å². The summed E-state index contributed by atoms with van der Waals surface area (Å²) in [5, 5.41) is 9.97.